The Bertz CT molecular complexity index is 563. The lowest BCUT2D eigenvalue weighted by Crippen LogP contribution is -2.42. The fourth-order valence-electron chi connectivity index (χ4n) is 2.20. The molecule has 0 radical (unpaired) electrons. The van der Waals surface area contributed by atoms with Gasteiger partial charge in [0.1, 0.15) is 0 Å². The van der Waals surface area contributed by atoms with Crippen LogP contribution in [0.2, 0.25) is 0 Å². The molecule has 1 aliphatic rings. The van der Waals surface area contributed by atoms with E-state index in [4.69, 9.17) is 0 Å². The lowest BCUT2D eigenvalue weighted by atomic mass is 9.99. The number of aryl methyl sites for hydroxylation is 1. The maximum absolute atomic E-state index is 12.2. The molecule has 2 rings (SSSR count). The minimum absolute atomic E-state index is 0.159. The van der Waals surface area contributed by atoms with Gasteiger partial charge in [0.25, 0.3) is 10.0 Å². The van der Waals surface area contributed by atoms with E-state index in [0.717, 1.165) is 19.4 Å². The molecule has 1 amide bonds. The average molecular weight is 282 g/mol. The second kappa shape index (κ2) is 5.71. The number of benzene rings is 1. The summed E-state index contributed by atoms with van der Waals surface area (Å²) in [7, 11) is -3.77. The van der Waals surface area contributed by atoms with Crippen molar-refractivity contribution in [3.8, 4) is 0 Å². The number of piperidine rings is 1. The van der Waals surface area contributed by atoms with Crippen LogP contribution in [0.25, 0.3) is 0 Å². The minimum atomic E-state index is -3.77. The third-order valence-electron chi connectivity index (χ3n) is 3.29. The molecule has 0 spiro atoms. The van der Waals surface area contributed by atoms with Gasteiger partial charge in [-0.1, -0.05) is 18.2 Å². The van der Waals surface area contributed by atoms with Gasteiger partial charge >= 0.3 is 0 Å². The SMILES string of the molecule is Cc1ccccc1S(=O)(=O)NC(=O)C1CCCNC1. The molecule has 0 saturated carbocycles. The summed E-state index contributed by atoms with van der Waals surface area (Å²) < 4.78 is 26.5. The van der Waals surface area contributed by atoms with E-state index in [2.05, 4.69) is 10.0 Å². The van der Waals surface area contributed by atoms with Crippen LogP contribution < -0.4 is 10.0 Å². The topological polar surface area (TPSA) is 75.3 Å². The molecule has 0 bridgehead atoms. The van der Waals surface area contributed by atoms with Crippen LogP contribution in [0.3, 0.4) is 0 Å². The van der Waals surface area contributed by atoms with E-state index < -0.39 is 15.9 Å². The third-order valence-corrected chi connectivity index (χ3v) is 4.79. The van der Waals surface area contributed by atoms with Crippen molar-refractivity contribution in [2.75, 3.05) is 13.1 Å². The molecular formula is C13H18N2O3S. The zero-order valence-electron chi connectivity index (χ0n) is 10.8. The van der Waals surface area contributed by atoms with Gasteiger partial charge in [-0.15, -0.1) is 0 Å². The molecule has 1 aliphatic heterocycles. The predicted molar refractivity (Wildman–Crippen MR) is 72.1 cm³/mol. The summed E-state index contributed by atoms with van der Waals surface area (Å²) >= 11 is 0. The molecule has 5 nitrogen and oxygen atoms in total. The smallest absolute Gasteiger partial charge is 0.264 e. The van der Waals surface area contributed by atoms with Gasteiger partial charge in [-0.2, -0.15) is 0 Å². The lowest BCUT2D eigenvalue weighted by Gasteiger charge is -2.21. The largest absolute Gasteiger partial charge is 0.316 e. The number of hydrogen-bond acceptors (Lipinski definition) is 4. The second-order valence-corrected chi connectivity index (χ2v) is 6.43. The monoisotopic (exact) mass is 282 g/mol. The van der Waals surface area contributed by atoms with Crippen molar-refractivity contribution in [2.24, 2.45) is 5.92 Å². The number of carbonyl (C=O) groups excluding carboxylic acids is 1. The van der Waals surface area contributed by atoms with E-state index in [1.807, 2.05) is 0 Å². The van der Waals surface area contributed by atoms with E-state index in [0.29, 0.717) is 12.1 Å². The number of amides is 1. The van der Waals surface area contributed by atoms with Crippen LogP contribution in [-0.4, -0.2) is 27.4 Å². The molecule has 1 aromatic carbocycles. The molecule has 2 N–H and O–H groups in total. The highest BCUT2D eigenvalue weighted by Crippen LogP contribution is 2.16. The second-order valence-electron chi connectivity index (χ2n) is 4.78. The van der Waals surface area contributed by atoms with Gasteiger partial charge in [-0.25, -0.2) is 13.1 Å². The first kappa shape index (κ1) is 14.0. The normalized spacial score (nSPS) is 19.9. The van der Waals surface area contributed by atoms with Crippen LogP contribution in [0.15, 0.2) is 29.2 Å². The van der Waals surface area contributed by atoms with Gasteiger partial charge in [0.2, 0.25) is 5.91 Å². The highest BCUT2D eigenvalue weighted by Gasteiger charge is 2.26. The molecule has 1 unspecified atom stereocenters. The Kier molecular flexibility index (Phi) is 4.21. The minimum Gasteiger partial charge on any atom is -0.316 e. The average Bonchev–Trinajstić information content (AvgIpc) is 2.39. The van der Waals surface area contributed by atoms with Gasteiger partial charge in [-0.3, -0.25) is 4.79 Å². The van der Waals surface area contributed by atoms with Crippen LogP contribution in [0, 0.1) is 12.8 Å². The Hall–Kier alpha value is -1.40. The van der Waals surface area contributed by atoms with Crippen molar-refractivity contribution in [1.82, 2.24) is 10.0 Å². The number of hydrogen-bond donors (Lipinski definition) is 2. The maximum Gasteiger partial charge on any atom is 0.264 e. The van der Waals surface area contributed by atoms with Crippen LogP contribution in [0.5, 0.6) is 0 Å². The van der Waals surface area contributed by atoms with Crippen molar-refractivity contribution >= 4 is 15.9 Å². The van der Waals surface area contributed by atoms with E-state index >= 15 is 0 Å². The summed E-state index contributed by atoms with van der Waals surface area (Å²) in [6.07, 6.45) is 1.62. The molecule has 19 heavy (non-hydrogen) atoms. The zero-order chi connectivity index (χ0) is 13.9. The highest BCUT2D eigenvalue weighted by atomic mass is 32.2. The quantitative estimate of drug-likeness (QED) is 0.860. The Labute approximate surface area is 113 Å². The first-order chi connectivity index (χ1) is 9.00. The predicted octanol–water partition coefficient (Wildman–Crippen LogP) is 0.800. The molecule has 0 aliphatic carbocycles. The Morgan fingerprint density at radius 2 is 2.11 bits per heavy atom. The molecule has 6 heteroatoms. The van der Waals surface area contributed by atoms with Crippen LogP contribution in [-0.2, 0) is 14.8 Å². The van der Waals surface area contributed by atoms with Gasteiger partial charge in [0.05, 0.1) is 10.8 Å². The Morgan fingerprint density at radius 1 is 1.37 bits per heavy atom. The van der Waals surface area contributed by atoms with Gasteiger partial charge in [-0.05, 0) is 37.9 Å². The fourth-order valence-corrected chi connectivity index (χ4v) is 3.50. The Balaban J connectivity index is 2.13. The number of nitrogens with one attached hydrogen (secondary N) is 2. The number of rotatable bonds is 3. The summed E-state index contributed by atoms with van der Waals surface area (Å²) in [5.41, 5.74) is 0.629. The molecule has 1 aromatic rings. The molecular weight excluding hydrogens is 264 g/mol. The fraction of sp³-hybridized carbons (Fsp3) is 0.462. The van der Waals surface area contributed by atoms with Crippen molar-refractivity contribution in [3.63, 3.8) is 0 Å². The zero-order valence-corrected chi connectivity index (χ0v) is 11.7. The summed E-state index contributed by atoms with van der Waals surface area (Å²) in [5, 5.41) is 3.10. The van der Waals surface area contributed by atoms with Crippen molar-refractivity contribution in [3.05, 3.63) is 29.8 Å². The van der Waals surface area contributed by atoms with Gasteiger partial charge < -0.3 is 5.32 Å². The van der Waals surface area contributed by atoms with Crippen molar-refractivity contribution in [2.45, 2.75) is 24.7 Å². The summed E-state index contributed by atoms with van der Waals surface area (Å²) in [6, 6.07) is 6.63. The van der Waals surface area contributed by atoms with Crippen LogP contribution >= 0.6 is 0 Å². The molecule has 0 aromatic heterocycles. The maximum atomic E-state index is 12.2. The lowest BCUT2D eigenvalue weighted by molar-refractivity contribution is -0.123. The van der Waals surface area contributed by atoms with Gasteiger partial charge in [0.15, 0.2) is 0 Å². The van der Waals surface area contributed by atoms with E-state index in [1.165, 1.54) is 6.07 Å². The highest BCUT2D eigenvalue weighted by molar-refractivity contribution is 7.90. The van der Waals surface area contributed by atoms with Crippen LogP contribution in [0.1, 0.15) is 18.4 Å². The molecule has 1 fully saturated rings. The third kappa shape index (κ3) is 3.33. The van der Waals surface area contributed by atoms with E-state index in [9.17, 15) is 13.2 Å². The first-order valence-corrected chi connectivity index (χ1v) is 7.82. The molecule has 1 atom stereocenters. The van der Waals surface area contributed by atoms with E-state index in [-0.39, 0.29) is 10.8 Å². The summed E-state index contributed by atoms with van der Waals surface area (Å²) in [5.74, 6) is -0.692. The van der Waals surface area contributed by atoms with Crippen molar-refractivity contribution < 1.29 is 13.2 Å². The molecule has 104 valence electrons. The summed E-state index contributed by atoms with van der Waals surface area (Å²) in [4.78, 5) is 12.1. The van der Waals surface area contributed by atoms with Crippen molar-refractivity contribution in [1.29, 1.82) is 0 Å². The summed E-state index contributed by atoms with van der Waals surface area (Å²) in [6.45, 7) is 3.13. The standard InChI is InChI=1S/C13H18N2O3S/c1-10-5-2-3-7-12(10)19(17,18)15-13(16)11-6-4-8-14-9-11/h2-3,5,7,11,14H,4,6,8-9H2,1H3,(H,15,16). The van der Waals surface area contributed by atoms with Crippen LogP contribution in [0.4, 0.5) is 0 Å². The number of sulfonamides is 1. The number of carbonyl (C=O) groups is 1. The molecule has 1 heterocycles. The molecule has 1 saturated heterocycles. The first-order valence-electron chi connectivity index (χ1n) is 6.34. The van der Waals surface area contributed by atoms with E-state index in [1.54, 1.807) is 25.1 Å². The van der Waals surface area contributed by atoms with Gasteiger partial charge in [0, 0.05) is 6.54 Å². The Morgan fingerprint density at radius 3 is 2.74 bits per heavy atom.